The molecule has 1 saturated heterocycles. The third-order valence-corrected chi connectivity index (χ3v) is 4.21. The first kappa shape index (κ1) is 17.3. The molecule has 126 valence electrons. The van der Waals surface area contributed by atoms with Crippen molar-refractivity contribution in [2.75, 3.05) is 36.4 Å². The molecule has 1 fully saturated rings. The molecule has 1 aliphatic rings. The second-order valence-electron chi connectivity index (χ2n) is 5.89. The zero-order valence-electron chi connectivity index (χ0n) is 14.2. The van der Waals surface area contributed by atoms with Crippen LogP contribution in [0.5, 0.6) is 0 Å². The molecule has 5 nitrogen and oxygen atoms in total. The molecule has 0 saturated carbocycles. The lowest BCUT2D eigenvalue weighted by molar-refractivity contribution is -0.131. The van der Waals surface area contributed by atoms with Gasteiger partial charge in [0.15, 0.2) is 0 Å². The third kappa shape index (κ3) is 4.71. The Hall–Kier alpha value is -2.04. The molecule has 0 aromatic heterocycles. The van der Waals surface area contributed by atoms with Crippen LogP contribution in [0, 0.1) is 0 Å². The van der Waals surface area contributed by atoms with Gasteiger partial charge in [-0.3, -0.25) is 9.59 Å². The van der Waals surface area contributed by atoms with Crippen molar-refractivity contribution < 1.29 is 9.59 Å². The van der Waals surface area contributed by atoms with Gasteiger partial charge < -0.3 is 15.1 Å². The number of nitrogens with zero attached hydrogens (tertiary/aromatic N) is 2. The lowest BCUT2D eigenvalue weighted by atomic mass is 10.2. The number of benzene rings is 1. The highest BCUT2D eigenvalue weighted by molar-refractivity contribution is 5.94. The zero-order valence-corrected chi connectivity index (χ0v) is 14.2. The van der Waals surface area contributed by atoms with Crippen molar-refractivity contribution in [3.05, 3.63) is 24.3 Å². The summed E-state index contributed by atoms with van der Waals surface area (Å²) < 4.78 is 0. The molecule has 1 heterocycles. The molecule has 0 radical (unpaired) electrons. The molecule has 0 atom stereocenters. The van der Waals surface area contributed by atoms with Crippen LogP contribution in [0.15, 0.2) is 24.3 Å². The Kier molecular flexibility index (Phi) is 6.44. The zero-order chi connectivity index (χ0) is 16.7. The fourth-order valence-corrected chi connectivity index (χ4v) is 2.83. The van der Waals surface area contributed by atoms with Gasteiger partial charge in [0, 0.05) is 39.0 Å². The van der Waals surface area contributed by atoms with E-state index in [0.29, 0.717) is 12.8 Å². The minimum Gasteiger partial charge on any atom is -0.366 e. The summed E-state index contributed by atoms with van der Waals surface area (Å²) >= 11 is 0. The van der Waals surface area contributed by atoms with Crippen molar-refractivity contribution in [2.24, 2.45) is 0 Å². The predicted molar refractivity (Wildman–Crippen MR) is 93.7 cm³/mol. The van der Waals surface area contributed by atoms with Gasteiger partial charge in [0.1, 0.15) is 0 Å². The molecule has 1 aromatic carbocycles. The van der Waals surface area contributed by atoms with E-state index in [4.69, 9.17) is 0 Å². The predicted octanol–water partition coefficient (Wildman–Crippen LogP) is 2.87. The smallest absolute Gasteiger partial charge is 0.224 e. The molecule has 5 heteroatoms. The van der Waals surface area contributed by atoms with Crippen LogP contribution in [0.3, 0.4) is 0 Å². The van der Waals surface area contributed by atoms with E-state index in [0.717, 1.165) is 50.4 Å². The number of nitrogens with one attached hydrogen (secondary N) is 1. The van der Waals surface area contributed by atoms with Gasteiger partial charge in [-0.25, -0.2) is 0 Å². The van der Waals surface area contributed by atoms with Crippen LogP contribution in [0.4, 0.5) is 11.4 Å². The first-order valence-electron chi connectivity index (χ1n) is 8.57. The summed E-state index contributed by atoms with van der Waals surface area (Å²) in [6, 6.07) is 7.91. The fourth-order valence-electron chi connectivity index (χ4n) is 2.83. The number of hydrogen-bond donors (Lipinski definition) is 1. The van der Waals surface area contributed by atoms with E-state index in [9.17, 15) is 9.59 Å². The number of amides is 2. The van der Waals surface area contributed by atoms with Crippen molar-refractivity contribution in [3.63, 3.8) is 0 Å². The van der Waals surface area contributed by atoms with Crippen molar-refractivity contribution >= 4 is 23.2 Å². The van der Waals surface area contributed by atoms with Gasteiger partial charge in [-0.1, -0.05) is 32.4 Å². The normalized spacial score (nSPS) is 14.7. The van der Waals surface area contributed by atoms with Crippen molar-refractivity contribution in [1.29, 1.82) is 0 Å². The van der Waals surface area contributed by atoms with Crippen LogP contribution in [-0.4, -0.2) is 42.9 Å². The van der Waals surface area contributed by atoms with Gasteiger partial charge in [-0.15, -0.1) is 0 Å². The van der Waals surface area contributed by atoms with Crippen LogP contribution >= 0.6 is 0 Å². The standard InChI is InChI=1S/C18H27N3O2/c1-3-5-10-17(22)19-15-8-6-7-9-16(15)20-11-13-21(14-12-20)18(23)4-2/h6-9H,3-5,10-14H2,1-2H3,(H,19,22). The Bertz CT molecular complexity index is 537. The average molecular weight is 317 g/mol. The fraction of sp³-hybridized carbons (Fsp3) is 0.556. The van der Waals surface area contributed by atoms with E-state index in [-0.39, 0.29) is 11.8 Å². The summed E-state index contributed by atoms with van der Waals surface area (Å²) in [4.78, 5) is 27.9. The topological polar surface area (TPSA) is 52.7 Å². The average Bonchev–Trinajstić information content (AvgIpc) is 2.60. The molecule has 0 bridgehead atoms. The Balaban J connectivity index is 2.00. The molecular formula is C18H27N3O2. The second kappa shape index (κ2) is 8.56. The van der Waals surface area contributed by atoms with E-state index in [1.54, 1.807) is 0 Å². The highest BCUT2D eigenvalue weighted by Gasteiger charge is 2.21. The Morgan fingerprint density at radius 2 is 1.78 bits per heavy atom. The van der Waals surface area contributed by atoms with E-state index >= 15 is 0 Å². The van der Waals surface area contributed by atoms with E-state index in [2.05, 4.69) is 17.1 Å². The van der Waals surface area contributed by atoms with Crippen molar-refractivity contribution in [1.82, 2.24) is 4.90 Å². The van der Waals surface area contributed by atoms with Crippen LogP contribution in [-0.2, 0) is 9.59 Å². The largest absolute Gasteiger partial charge is 0.366 e. The van der Waals surface area contributed by atoms with Gasteiger partial charge in [-0.2, -0.15) is 0 Å². The third-order valence-electron chi connectivity index (χ3n) is 4.21. The quantitative estimate of drug-likeness (QED) is 0.878. The lowest BCUT2D eigenvalue weighted by Gasteiger charge is -2.36. The molecule has 2 rings (SSSR count). The molecule has 0 unspecified atom stereocenters. The summed E-state index contributed by atoms with van der Waals surface area (Å²) in [5.41, 5.74) is 1.91. The number of carbonyl (C=O) groups is 2. The maximum absolute atomic E-state index is 12.0. The summed E-state index contributed by atoms with van der Waals surface area (Å²) in [5, 5.41) is 3.03. The van der Waals surface area contributed by atoms with E-state index in [1.807, 2.05) is 36.1 Å². The number of piperazine rings is 1. The number of unbranched alkanes of at least 4 members (excludes halogenated alkanes) is 1. The maximum Gasteiger partial charge on any atom is 0.224 e. The summed E-state index contributed by atoms with van der Waals surface area (Å²) in [6.45, 7) is 7.06. The van der Waals surface area contributed by atoms with Crippen LogP contribution < -0.4 is 10.2 Å². The number of rotatable bonds is 6. The molecule has 1 aromatic rings. The van der Waals surface area contributed by atoms with E-state index in [1.165, 1.54) is 0 Å². The minimum absolute atomic E-state index is 0.0686. The number of para-hydroxylation sites is 2. The first-order valence-corrected chi connectivity index (χ1v) is 8.57. The number of hydrogen-bond acceptors (Lipinski definition) is 3. The van der Waals surface area contributed by atoms with Crippen molar-refractivity contribution in [2.45, 2.75) is 39.5 Å². The van der Waals surface area contributed by atoms with Crippen molar-refractivity contribution in [3.8, 4) is 0 Å². The van der Waals surface area contributed by atoms with Gasteiger partial charge in [0.2, 0.25) is 11.8 Å². The van der Waals surface area contributed by atoms with Crippen LogP contribution in [0.25, 0.3) is 0 Å². The molecule has 1 N–H and O–H groups in total. The highest BCUT2D eigenvalue weighted by Crippen LogP contribution is 2.27. The van der Waals surface area contributed by atoms with Crippen LogP contribution in [0.1, 0.15) is 39.5 Å². The second-order valence-corrected chi connectivity index (χ2v) is 5.89. The highest BCUT2D eigenvalue weighted by atomic mass is 16.2. The van der Waals surface area contributed by atoms with Gasteiger partial charge in [0.05, 0.1) is 11.4 Å². The molecule has 0 aliphatic carbocycles. The maximum atomic E-state index is 12.0. The molecule has 1 aliphatic heterocycles. The molecular weight excluding hydrogens is 290 g/mol. The van der Waals surface area contributed by atoms with Gasteiger partial charge in [0.25, 0.3) is 0 Å². The Morgan fingerprint density at radius 1 is 1.09 bits per heavy atom. The Labute approximate surface area is 138 Å². The van der Waals surface area contributed by atoms with Crippen LogP contribution in [0.2, 0.25) is 0 Å². The summed E-state index contributed by atoms with van der Waals surface area (Å²) in [5.74, 6) is 0.282. The minimum atomic E-state index is 0.0686. The molecule has 23 heavy (non-hydrogen) atoms. The van der Waals surface area contributed by atoms with E-state index < -0.39 is 0 Å². The first-order chi connectivity index (χ1) is 11.2. The summed E-state index contributed by atoms with van der Waals surface area (Å²) in [6.07, 6.45) is 3.04. The Morgan fingerprint density at radius 3 is 2.43 bits per heavy atom. The monoisotopic (exact) mass is 317 g/mol. The molecule has 0 spiro atoms. The van der Waals surface area contributed by atoms with Gasteiger partial charge >= 0.3 is 0 Å². The number of carbonyl (C=O) groups excluding carboxylic acids is 2. The molecule has 2 amide bonds. The SMILES string of the molecule is CCCCC(=O)Nc1ccccc1N1CCN(C(=O)CC)CC1. The number of anilines is 2. The van der Waals surface area contributed by atoms with Gasteiger partial charge in [-0.05, 0) is 18.6 Å². The lowest BCUT2D eigenvalue weighted by Crippen LogP contribution is -2.48. The summed E-state index contributed by atoms with van der Waals surface area (Å²) in [7, 11) is 0.